The molecule has 21 heavy (non-hydrogen) atoms. The minimum absolute atomic E-state index is 0.200. The van der Waals surface area contributed by atoms with E-state index in [9.17, 15) is 4.79 Å². The molecule has 0 atom stereocenters. The van der Waals surface area contributed by atoms with Gasteiger partial charge in [0.25, 0.3) is 0 Å². The van der Waals surface area contributed by atoms with Crippen molar-refractivity contribution in [3.05, 3.63) is 42.5 Å². The molecule has 0 bridgehead atoms. The molecule has 3 aromatic rings. The highest BCUT2D eigenvalue weighted by atomic mass is 16.4. The van der Waals surface area contributed by atoms with E-state index < -0.39 is 5.97 Å². The van der Waals surface area contributed by atoms with Gasteiger partial charge in [0.05, 0.1) is 23.0 Å². The van der Waals surface area contributed by atoms with Crippen LogP contribution in [-0.4, -0.2) is 30.8 Å². The quantitative estimate of drug-likeness (QED) is 0.763. The molecule has 0 saturated heterocycles. The predicted octanol–water partition coefficient (Wildman–Crippen LogP) is 2.29. The maximum absolute atomic E-state index is 11.0. The summed E-state index contributed by atoms with van der Waals surface area (Å²) in [5.41, 5.74) is 1.60. The largest absolute Gasteiger partial charge is 0.478 e. The summed E-state index contributed by atoms with van der Waals surface area (Å²) >= 11 is 0. The van der Waals surface area contributed by atoms with E-state index in [1.165, 1.54) is 18.5 Å². The Balaban J connectivity index is 2.00. The number of carboxylic acids is 1. The number of anilines is 2. The third-order valence-electron chi connectivity index (χ3n) is 3.10. The second-order valence-corrected chi connectivity index (χ2v) is 4.47. The van der Waals surface area contributed by atoms with Crippen molar-refractivity contribution >= 4 is 28.4 Å². The maximum atomic E-state index is 11.0. The van der Waals surface area contributed by atoms with E-state index in [4.69, 9.17) is 5.11 Å². The molecule has 2 aromatic heterocycles. The number of aromatic carboxylic acids is 1. The van der Waals surface area contributed by atoms with Gasteiger partial charge in [-0.3, -0.25) is 4.68 Å². The Labute approximate surface area is 120 Å². The van der Waals surface area contributed by atoms with Crippen molar-refractivity contribution in [2.24, 2.45) is 0 Å². The molecule has 7 heteroatoms. The number of aromatic nitrogens is 4. The number of carbonyl (C=O) groups is 1. The Morgan fingerprint density at radius 1 is 1.38 bits per heavy atom. The molecule has 0 unspecified atom stereocenters. The summed E-state index contributed by atoms with van der Waals surface area (Å²) in [6.07, 6.45) is 4.99. The zero-order valence-corrected chi connectivity index (χ0v) is 11.3. The Morgan fingerprint density at radius 3 is 2.95 bits per heavy atom. The Bertz CT molecular complexity index is 812. The molecule has 7 nitrogen and oxygen atoms in total. The first-order chi connectivity index (χ1) is 10.2. The van der Waals surface area contributed by atoms with Crippen molar-refractivity contribution in [1.82, 2.24) is 19.7 Å². The topological polar surface area (TPSA) is 92.9 Å². The zero-order chi connectivity index (χ0) is 14.8. The van der Waals surface area contributed by atoms with E-state index >= 15 is 0 Å². The van der Waals surface area contributed by atoms with Crippen molar-refractivity contribution in [1.29, 1.82) is 0 Å². The molecule has 2 heterocycles. The number of hydrogen-bond acceptors (Lipinski definition) is 5. The summed E-state index contributed by atoms with van der Waals surface area (Å²) in [5.74, 6) is -0.359. The van der Waals surface area contributed by atoms with Crippen LogP contribution in [0.2, 0.25) is 0 Å². The van der Waals surface area contributed by atoms with Crippen LogP contribution >= 0.6 is 0 Å². The predicted molar refractivity (Wildman–Crippen MR) is 77.7 cm³/mol. The number of fused-ring (bicyclic) bond motifs is 1. The third-order valence-corrected chi connectivity index (χ3v) is 3.10. The van der Waals surface area contributed by atoms with Crippen molar-refractivity contribution in [2.75, 3.05) is 5.32 Å². The first kappa shape index (κ1) is 13.0. The fraction of sp³-hybridized carbons (Fsp3) is 0.143. The summed E-state index contributed by atoms with van der Waals surface area (Å²) < 4.78 is 1.80. The van der Waals surface area contributed by atoms with Crippen LogP contribution in [0.3, 0.4) is 0 Å². The number of rotatable bonds is 4. The van der Waals surface area contributed by atoms with Crippen LogP contribution in [0.4, 0.5) is 11.5 Å². The van der Waals surface area contributed by atoms with Gasteiger partial charge in [0, 0.05) is 18.1 Å². The molecular weight excluding hydrogens is 270 g/mol. The average molecular weight is 283 g/mol. The first-order valence-corrected chi connectivity index (χ1v) is 6.45. The summed E-state index contributed by atoms with van der Waals surface area (Å²) in [4.78, 5) is 19.3. The van der Waals surface area contributed by atoms with Gasteiger partial charge in [0.1, 0.15) is 12.1 Å². The maximum Gasteiger partial charge on any atom is 0.335 e. The van der Waals surface area contributed by atoms with Gasteiger partial charge in [-0.1, -0.05) is 0 Å². The van der Waals surface area contributed by atoms with Gasteiger partial charge in [-0.25, -0.2) is 14.8 Å². The Hall–Kier alpha value is -2.96. The first-order valence-electron chi connectivity index (χ1n) is 6.45. The van der Waals surface area contributed by atoms with Gasteiger partial charge in [-0.2, -0.15) is 5.10 Å². The van der Waals surface area contributed by atoms with Crippen LogP contribution in [0, 0.1) is 0 Å². The van der Waals surface area contributed by atoms with E-state index in [2.05, 4.69) is 20.4 Å². The summed E-state index contributed by atoms with van der Waals surface area (Å²) in [6, 6.07) is 4.76. The Kier molecular flexibility index (Phi) is 3.23. The lowest BCUT2D eigenvalue weighted by molar-refractivity contribution is 0.0697. The molecule has 1 aromatic carbocycles. The van der Waals surface area contributed by atoms with Crippen LogP contribution in [-0.2, 0) is 6.54 Å². The molecule has 106 valence electrons. The number of benzene rings is 1. The number of aryl methyl sites for hydroxylation is 1. The second kappa shape index (κ2) is 5.20. The second-order valence-electron chi connectivity index (χ2n) is 4.47. The number of nitrogens with one attached hydrogen (secondary N) is 1. The molecule has 2 N–H and O–H groups in total. The van der Waals surface area contributed by atoms with E-state index in [1.807, 2.05) is 13.1 Å². The van der Waals surface area contributed by atoms with Gasteiger partial charge in [-0.05, 0) is 25.1 Å². The number of hydrogen-bond donors (Lipinski definition) is 2. The van der Waals surface area contributed by atoms with E-state index in [-0.39, 0.29) is 5.56 Å². The van der Waals surface area contributed by atoms with Crippen LogP contribution in [0.25, 0.3) is 10.9 Å². The van der Waals surface area contributed by atoms with Crippen LogP contribution in [0.15, 0.2) is 36.9 Å². The monoisotopic (exact) mass is 283 g/mol. The lowest BCUT2D eigenvalue weighted by Gasteiger charge is -2.06. The Morgan fingerprint density at radius 2 is 2.24 bits per heavy atom. The van der Waals surface area contributed by atoms with E-state index in [0.29, 0.717) is 11.3 Å². The van der Waals surface area contributed by atoms with E-state index in [0.717, 1.165) is 17.6 Å². The summed E-state index contributed by atoms with van der Waals surface area (Å²) in [5, 5.41) is 17.1. The van der Waals surface area contributed by atoms with Gasteiger partial charge in [0.2, 0.25) is 0 Å². The fourth-order valence-corrected chi connectivity index (χ4v) is 2.03. The molecule has 0 aliphatic heterocycles. The van der Waals surface area contributed by atoms with Gasteiger partial charge in [-0.15, -0.1) is 0 Å². The SMILES string of the molecule is CCn1cc(Nc2ncnc3cc(C(=O)O)ccc23)cn1. The lowest BCUT2D eigenvalue weighted by Crippen LogP contribution is -1.99. The standard InChI is InChI=1S/C14H13N5O2/c1-2-19-7-10(6-17-19)18-13-11-4-3-9(14(20)21)5-12(11)15-8-16-13/h3-8H,2H2,1H3,(H,20,21)(H,15,16,18). The molecule has 0 radical (unpaired) electrons. The smallest absolute Gasteiger partial charge is 0.335 e. The molecule has 3 rings (SSSR count). The minimum Gasteiger partial charge on any atom is -0.478 e. The molecule has 0 saturated carbocycles. The van der Waals surface area contributed by atoms with Crippen molar-refractivity contribution in [3.8, 4) is 0 Å². The highest BCUT2D eigenvalue weighted by molar-refractivity contribution is 5.96. The lowest BCUT2D eigenvalue weighted by atomic mass is 10.1. The highest BCUT2D eigenvalue weighted by Crippen LogP contribution is 2.23. The fourth-order valence-electron chi connectivity index (χ4n) is 2.03. The number of carboxylic acid groups (broad SMARTS) is 1. The van der Waals surface area contributed by atoms with Gasteiger partial charge in [0.15, 0.2) is 0 Å². The summed E-state index contributed by atoms with van der Waals surface area (Å²) in [7, 11) is 0. The van der Waals surface area contributed by atoms with Crippen LogP contribution in [0.1, 0.15) is 17.3 Å². The molecule has 0 spiro atoms. The van der Waals surface area contributed by atoms with Gasteiger partial charge >= 0.3 is 5.97 Å². The van der Waals surface area contributed by atoms with Crippen LogP contribution in [0.5, 0.6) is 0 Å². The van der Waals surface area contributed by atoms with Crippen molar-refractivity contribution in [2.45, 2.75) is 13.5 Å². The normalized spacial score (nSPS) is 10.7. The molecular formula is C14H13N5O2. The van der Waals surface area contributed by atoms with Crippen molar-refractivity contribution < 1.29 is 9.90 Å². The molecule has 0 aliphatic carbocycles. The molecule has 0 aliphatic rings. The van der Waals surface area contributed by atoms with Gasteiger partial charge < -0.3 is 10.4 Å². The van der Waals surface area contributed by atoms with Crippen LogP contribution < -0.4 is 5.32 Å². The minimum atomic E-state index is -0.978. The third kappa shape index (κ3) is 2.53. The molecule has 0 amide bonds. The van der Waals surface area contributed by atoms with E-state index in [1.54, 1.807) is 16.9 Å². The molecule has 0 fully saturated rings. The average Bonchev–Trinajstić information content (AvgIpc) is 2.94. The highest BCUT2D eigenvalue weighted by Gasteiger charge is 2.09. The zero-order valence-electron chi connectivity index (χ0n) is 11.3. The van der Waals surface area contributed by atoms with Crippen molar-refractivity contribution in [3.63, 3.8) is 0 Å². The summed E-state index contributed by atoms with van der Waals surface area (Å²) in [6.45, 7) is 2.79. The number of nitrogens with zero attached hydrogens (tertiary/aromatic N) is 4.